The lowest BCUT2D eigenvalue weighted by Crippen LogP contribution is -2.45. The standard InChI is InChI=1S/C19H20ClF2N5O3/c1-10-5-16-13(17-18(28)25(2)30-12(7-21)8-27(17)24-16)9-26(10)19(29)23-11-3-4-15(22)14(20)6-11/h3-4,6,10,12H,5,7-9H2,1-2H3,(H,23,29). The molecular formula is C19H20ClF2N5O3. The lowest BCUT2D eigenvalue weighted by atomic mass is 9.99. The minimum absolute atomic E-state index is 0.0974. The zero-order valence-electron chi connectivity index (χ0n) is 16.4. The third kappa shape index (κ3) is 3.61. The number of nitrogens with zero attached hydrogens (tertiary/aromatic N) is 4. The average molecular weight is 440 g/mol. The lowest BCUT2D eigenvalue weighted by molar-refractivity contribution is -0.152. The molecule has 0 aliphatic carbocycles. The molecule has 4 rings (SSSR count). The van der Waals surface area contributed by atoms with E-state index in [0.29, 0.717) is 23.4 Å². The summed E-state index contributed by atoms with van der Waals surface area (Å²) in [5, 5.41) is 8.10. The van der Waals surface area contributed by atoms with Gasteiger partial charge in [-0.25, -0.2) is 18.6 Å². The van der Waals surface area contributed by atoms with Crippen molar-refractivity contribution in [3.8, 4) is 0 Å². The van der Waals surface area contributed by atoms with Crippen molar-refractivity contribution in [2.75, 3.05) is 19.0 Å². The zero-order chi connectivity index (χ0) is 21.6. The Balaban J connectivity index is 1.61. The maximum atomic E-state index is 13.4. The van der Waals surface area contributed by atoms with Crippen LogP contribution in [0.3, 0.4) is 0 Å². The van der Waals surface area contributed by atoms with E-state index in [4.69, 9.17) is 16.4 Å². The van der Waals surface area contributed by atoms with E-state index in [-0.39, 0.29) is 29.8 Å². The van der Waals surface area contributed by atoms with Gasteiger partial charge in [0.25, 0.3) is 5.91 Å². The molecule has 2 unspecified atom stereocenters. The lowest BCUT2D eigenvalue weighted by Gasteiger charge is -2.33. The molecule has 2 atom stereocenters. The molecule has 0 spiro atoms. The molecule has 1 N–H and O–H groups in total. The third-order valence-corrected chi connectivity index (χ3v) is 5.55. The van der Waals surface area contributed by atoms with Gasteiger partial charge in [-0.15, -0.1) is 0 Å². The molecule has 0 radical (unpaired) electrons. The quantitative estimate of drug-likeness (QED) is 0.780. The topological polar surface area (TPSA) is 79.7 Å². The summed E-state index contributed by atoms with van der Waals surface area (Å²) in [4.78, 5) is 32.5. The van der Waals surface area contributed by atoms with Crippen LogP contribution in [0.15, 0.2) is 18.2 Å². The number of benzene rings is 1. The Kier molecular flexibility index (Phi) is 5.37. The summed E-state index contributed by atoms with van der Waals surface area (Å²) in [6.07, 6.45) is -0.382. The number of hydroxylamine groups is 2. The minimum Gasteiger partial charge on any atom is -0.317 e. The first-order valence-electron chi connectivity index (χ1n) is 9.40. The number of nitrogens with one attached hydrogen (secondary N) is 1. The molecule has 1 aromatic heterocycles. The molecule has 3 amide bonds. The number of anilines is 1. The fourth-order valence-electron chi connectivity index (χ4n) is 3.73. The van der Waals surface area contributed by atoms with Gasteiger partial charge in [0.2, 0.25) is 0 Å². The Morgan fingerprint density at radius 3 is 2.90 bits per heavy atom. The number of amides is 3. The van der Waals surface area contributed by atoms with E-state index in [1.165, 1.54) is 29.9 Å². The summed E-state index contributed by atoms with van der Waals surface area (Å²) in [6, 6.07) is 3.30. The normalized spacial score (nSPS) is 21.2. The fourth-order valence-corrected chi connectivity index (χ4v) is 3.91. The predicted octanol–water partition coefficient (Wildman–Crippen LogP) is 3.01. The van der Waals surface area contributed by atoms with E-state index < -0.39 is 30.5 Å². The van der Waals surface area contributed by atoms with Crippen LogP contribution >= 0.6 is 11.6 Å². The Morgan fingerprint density at radius 1 is 1.43 bits per heavy atom. The van der Waals surface area contributed by atoms with Crippen LogP contribution in [0.5, 0.6) is 0 Å². The number of fused-ring (bicyclic) bond motifs is 3. The second-order valence-electron chi connectivity index (χ2n) is 7.38. The number of halogens is 3. The molecule has 3 heterocycles. The largest absolute Gasteiger partial charge is 0.322 e. The van der Waals surface area contributed by atoms with E-state index in [0.717, 1.165) is 5.06 Å². The van der Waals surface area contributed by atoms with E-state index in [2.05, 4.69) is 10.4 Å². The van der Waals surface area contributed by atoms with Gasteiger partial charge in [0, 0.05) is 30.8 Å². The van der Waals surface area contributed by atoms with Gasteiger partial charge < -0.3 is 10.2 Å². The molecule has 0 fully saturated rings. The van der Waals surface area contributed by atoms with Crippen molar-refractivity contribution in [1.29, 1.82) is 0 Å². The summed E-state index contributed by atoms with van der Waals surface area (Å²) >= 11 is 5.78. The molecular weight excluding hydrogens is 420 g/mol. The Morgan fingerprint density at radius 2 is 2.20 bits per heavy atom. The second kappa shape index (κ2) is 7.84. The van der Waals surface area contributed by atoms with Gasteiger partial charge in [-0.3, -0.25) is 14.3 Å². The molecule has 30 heavy (non-hydrogen) atoms. The fraction of sp³-hybridized carbons (Fsp3) is 0.421. The molecule has 0 saturated carbocycles. The number of aromatic nitrogens is 2. The summed E-state index contributed by atoms with van der Waals surface area (Å²) < 4.78 is 28.1. The van der Waals surface area contributed by atoms with Gasteiger partial charge >= 0.3 is 6.03 Å². The van der Waals surface area contributed by atoms with Gasteiger partial charge in [0.1, 0.15) is 24.3 Å². The summed E-state index contributed by atoms with van der Waals surface area (Å²) in [6.45, 7) is 1.36. The summed E-state index contributed by atoms with van der Waals surface area (Å²) in [7, 11) is 1.42. The van der Waals surface area contributed by atoms with E-state index in [1.54, 1.807) is 4.90 Å². The number of carbonyl (C=O) groups excluding carboxylic acids is 2. The van der Waals surface area contributed by atoms with Crippen LogP contribution in [0, 0.1) is 5.82 Å². The smallest absolute Gasteiger partial charge is 0.317 e. The maximum absolute atomic E-state index is 13.4. The van der Waals surface area contributed by atoms with Crippen molar-refractivity contribution in [3.63, 3.8) is 0 Å². The van der Waals surface area contributed by atoms with E-state index >= 15 is 0 Å². The molecule has 160 valence electrons. The number of hydrogen-bond acceptors (Lipinski definition) is 4. The molecule has 11 heteroatoms. The van der Waals surface area contributed by atoms with Crippen LogP contribution in [0.2, 0.25) is 5.02 Å². The minimum atomic E-state index is -0.818. The molecule has 0 saturated heterocycles. The number of urea groups is 1. The Hall–Kier alpha value is -2.72. The van der Waals surface area contributed by atoms with Crippen molar-refractivity contribution in [1.82, 2.24) is 19.7 Å². The van der Waals surface area contributed by atoms with Crippen molar-refractivity contribution in [2.24, 2.45) is 0 Å². The molecule has 0 bridgehead atoms. The molecule has 1 aromatic carbocycles. The first-order valence-corrected chi connectivity index (χ1v) is 9.78. The molecule has 2 aromatic rings. The first-order chi connectivity index (χ1) is 14.3. The van der Waals surface area contributed by atoms with Gasteiger partial charge in [-0.1, -0.05) is 11.6 Å². The number of carbonyl (C=O) groups is 2. The molecule has 8 nitrogen and oxygen atoms in total. The monoisotopic (exact) mass is 439 g/mol. The highest BCUT2D eigenvalue weighted by Gasteiger charge is 2.37. The van der Waals surface area contributed by atoms with E-state index in [9.17, 15) is 18.4 Å². The predicted molar refractivity (Wildman–Crippen MR) is 104 cm³/mol. The van der Waals surface area contributed by atoms with Crippen LogP contribution in [-0.2, 0) is 24.3 Å². The van der Waals surface area contributed by atoms with E-state index in [1.807, 2.05) is 6.92 Å². The highest BCUT2D eigenvalue weighted by molar-refractivity contribution is 6.31. The van der Waals surface area contributed by atoms with Gasteiger partial charge in [0.05, 0.1) is 23.8 Å². The van der Waals surface area contributed by atoms with Gasteiger partial charge in [-0.2, -0.15) is 5.10 Å². The third-order valence-electron chi connectivity index (χ3n) is 5.26. The number of alkyl halides is 1. The summed E-state index contributed by atoms with van der Waals surface area (Å²) in [5.41, 5.74) is 1.96. The van der Waals surface area contributed by atoms with Crippen LogP contribution in [0.25, 0.3) is 0 Å². The molecule has 2 aliphatic rings. The van der Waals surface area contributed by atoms with Crippen molar-refractivity contribution in [3.05, 3.63) is 46.0 Å². The number of rotatable bonds is 2. The Bertz CT molecular complexity index is 1010. The maximum Gasteiger partial charge on any atom is 0.322 e. The molecule has 2 aliphatic heterocycles. The zero-order valence-corrected chi connectivity index (χ0v) is 17.1. The van der Waals surface area contributed by atoms with Crippen molar-refractivity contribution < 1.29 is 23.2 Å². The van der Waals surface area contributed by atoms with Gasteiger partial charge in [-0.05, 0) is 25.1 Å². The highest BCUT2D eigenvalue weighted by atomic mass is 35.5. The van der Waals surface area contributed by atoms with Crippen LogP contribution < -0.4 is 5.32 Å². The highest BCUT2D eigenvalue weighted by Crippen LogP contribution is 2.29. The SMILES string of the molecule is CC1Cc2nn3c(c2CN1C(=O)Nc1ccc(F)c(Cl)c1)C(=O)N(C)OC(CF)C3. The van der Waals surface area contributed by atoms with Crippen LogP contribution in [0.1, 0.15) is 28.7 Å². The summed E-state index contributed by atoms with van der Waals surface area (Å²) in [5.74, 6) is -1.02. The van der Waals surface area contributed by atoms with Crippen LogP contribution in [0.4, 0.5) is 19.3 Å². The average Bonchev–Trinajstić information content (AvgIpc) is 2.99. The number of hydrogen-bond donors (Lipinski definition) is 1. The Labute approximate surface area is 176 Å². The van der Waals surface area contributed by atoms with Crippen LogP contribution in [-0.4, -0.2) is 57.5 Å². The van der Waals surface area contributed by atoms with Crippen molar-refractivity contribution >= 4 is 29.2 Å². The second-order valence-corrected chi connectivity index (χ2v) is 7.79. The van der Waals surface area contributed by atoms with Gasteiger partial charge in [0.15, 0.2) is 0 Å². The first kappa shape index (κ1) is 20.5. The van der Waals surface area contributed by atoms with Crippen molar-refractivity contribution in [2.45, 2.75) is 38.6 Å².